The molecular weight excluding hydrogens is 279 g/mol. The number of hydrogen-bond donors (Lipinski definition) is 1. The second kappa shape index (κ2) is 5.36. The minimum absolute atomic E-state index is 0.182. The number of halogens is 7. The Labute approximate surface area is 104 Å². The van der Waals surface area contributed by atoms with Crippen molar-refractivity contribution < 1.29 is 30.7 Å². The predicted molar refractivity (Wildman–Crippen MR) is 53.6 cm³/mol. The Morgan fingerprint density at radius 2 is 1.63 bits per heavy atom. The molecule has 1 aromatic carbocycles. The molecule has 1 atom stereocenters. The highest BCUT2D eigenvalue weighted by Gasteiger charge is 2.35. The van der Waals surface area contributed by atoms with E-state index in [1.165, 1.54) is 0 Å². The van der Waals surface area contributed by atoms with E-state index in [4.69, 9.17) is 5.73 Å². The van der Waals surface area contributed by atoms with Crippen LogP contribution in [0.1, 0.15) is 30.0 Å². The van der Waals surface area contributed by atoms with Gasteiger partial charge in [0.2, 0.25) is 0 Å². The summed E-state index contributed by atoms with van der Waals surface area (Å²) in [6, 6.07) is 0.705. The van der Waals surface area contributed by atoms with E-state index >= 15 is 0 Å². The lowest BCUT2D eigenvalue weighted by molar-refractivity contribution is -0.140. The predicted octanol–water partition coefficient (Wildman–Crippen LogP) is 4.19. The first-order valence-electron chi connectivity index (χ1n) is 5.19. The Balaban J connectivity index is 2.90. The zero-order valence-electron chi connectivity index (χ0n) is 9.45. The van der Waals surface area contributed by atoms with Gasteiger partial charge in [0.1, 0.15) is 5.82 Å². The summed E-state index contributed by atoms with van der Waals surface area (Å²) >= 11 is 0. The van der Waals surface area contributed by atoms with Crippen LogP contribution in [0.5, 0.6) is 0 Å². The van der Waals surface area contributed by atoms with Gasteiger partial charge in [0.05, 0.1) is 5.56 Å². The molecule has 1 nitrogen and oxygen atoms in total. The van der Waals surface area contributed by atoms with Gasteiger partial charge in [0.25, 0.3) is 0 Å². The molecule has 0 radical (unpaired) electrons. The van der Waals surface area contributed by atoms with E-state index < -0.39 is 42.6 Å². The van der Waals surface area contributed by atoms with Crippen molar-refractivity contribution >= 4 is 0 Å². The van der Waals surface area contributed by atoms with Crippen LogP contribution in [0.15, 0.2) is 18.2 Å². The maximum atomic E-state index is 13.0. The maximum absolute atomic E-state index is 13.0. The Morgan fingerprint density at radius 1 is 1.05 bits per heavy atom. The van der Waals surface area contributed by atoms with Crippen molar-refractivity contribution in [2.75, 3.05) is 0 Å². The number of nitrogens with two attached hydrogens (primary N) is 1. The molecule has 0 saturated heterocycles. The Hall–Kier alpha value is -1.31. The third-order valence-electron chi connectivity index (χ3n) is 2.46. The zero-order valence-corrected chi connectivity index (χ0v) is 9.45. The largest absolute Gasteiger partial charge is 0.419 e. The second-order valence-electron chi connectivity index (χ2n) is 4.00. The molecule has 0 unspecified atom stereocenters. The fraction of sp³-hybridized carbons (Fsp3) is 0.455. The Kier molecular flexibility index (Phi) is 4.44. The van der Waals surface area contributed by atoms with E-state index in [0.717, 1.165) is 6.07 Å². The molecule has 0 aromatic heterocycles. The number of hydrogen-bond acceptors (Lipinski definition) is 1. The average molecular weight is 289 g/mol. The van der Waals surface area contributed by atoms with Crippen LogP contribution in [0.2, 0.25) is 0 Å². The van der Waals surface area contributed by atoms with E-state index in [2.05, 4.69) is 0 Å². The van der Waals surface area contributed by atoms with Crippen molar-refractivity contribution in [3.8, 4) is 0 Å². The fourth-order valence-electron chi connectivity index (χ4n) is 1.48. The summed E-state index contributed by atoms with van der Waals surface area (Å²) in [7, 11) is 0. The summed E-state index contributed by atoms with van der Waals surface area (Å²) in [5, 5.41) is 0. The maximum Gasteiger partial charge on any atom is 0.419 e. The second-order valence-corrected chi connectivity index (χ2v) is 4.00. The van der Waals surface area contributed by atoms with Crippen molar-refractivity contribution in [2.24, 2.45) is 5.73 Å². The van der Waals surface area contributed by atoms with E-state index in [9.17, 15) is 30.7 Å². The van der Waals surface area contributed by atoms with E-state index in [1.54, 1.807) is 0 Å². The summed E-state index contributed by atoms with van der Waals surface area (Å²) in [4.78, 5) is 0. The third kappa shape index (κ3) is 4.70. The van der Waals surface area contributed by atoms with Crippen LogP contribution in [0.3, 0.4) is 0 Å². The molecule has 0 aliphatic rings. The molecule has 0 saturated carbocycles. The van der Waals surface area contributed by atoms with Gasteiger partial charge in [0.15, 0.2) is 0 Å². The van der Waals surface area contributed by atoms with Crippen LogP contribution in [-0.4, -0.2) is 6.18 Å². The smallest absolute Gasteiger partial charge is 0.324 e. The number of rotatable bonds is 3. The van der Waals surface area contributed by atoms with Gasteiger partial charge in [-0.2, -0.15) is 26.3 Å². The van der Waals surface area contributed by atoms with Crippen LogP contribution in [-0.2, 0) is 6.18 Å². The SMILES string of the molecule is N[C@@H](CCC(F)(F)F)c1ccc(F)c(C(F)(F)F)c1. The molecule has 0 bridgehead atoms. The standard InChI is InChI=1S/C11H10F7N/c12-8-2-1-6(5-7(8)11(16,17)18)9(19)3-4-10(13,14)15/h1-2,5,9H,3-4,19H2/t9-/m0/s1. The normalized spacial score (nSPS) is 14.5. The molecule has 108 valence electrons. The van der Waals surface area contributed by atoms with Gasteiger partial charge in [-0.05, 0) is 24.1 Å². The lowest BCUT2D eigenvalue weighted by Crippen LogP contribution is -2.17. The molecule has 1 rings (SSSR count). The Bertz CT molecular complexity index is 436. The van der Waals surface area contributed by atoms with Crippen molar-refractivity contribution in [2.45, 2.75) is 31.2 Å². The van der Waals surface area contributed by atoms with Gasteiger partial charge in [-0.1, -0.05) is 6.07 Å². The van der Waals surface area contributed by atoms with Crippen LogP contribution in [0.4, 0.5) is 30.7 Å². The molecule has 0 aliphatic heterocycles. The van der Waals surface area contributed by atoms with E-state index in [-0.39, 0.29) is 5.56 Å². The molecule has 1 aromatic rings. The van der Waals surface area contributed by atoms with Crippen LogP contribution >= 0.6 is 0 Å². The summed E-state index contributed by atoms with van der Waals surface area (Å²) in [5.41, 5.74) is 3.66. The Morgan fingerprint density at radius 3 is 2.11 bits per heavy atom. The van der Waals surface area contributed by atoms with Crippen LogP contribution in [0, 0.1) is 5.82 Å². The molecule has 19 heavy (non-hydrogen) atoms. The first kappa shape index (κ1) is 15.7. The molecule has 0 aliphatic carbocycles. The molecule has 0 heterocycles. The van der Waals surface area contributed by atoms with Gasteiger partial charge in [-0.25, -0.2) is 4.39 Å². The molecule has 0 amide bonds. The van der Waals surface area contributed by atoms with Crippen LogP contribution in [0.25, 0.3) is 0 Å². The van der Waals surface area contributed by atoms with Crippen molar-refractivity contribution in [3.05, 3.63) is 35.1 Å². The summed E-state index contributed by atoms with van der Waals surface area (Å²) in [6.07, 6.45) is -11.1. The molecule has 0 fully saturated rings. The third-order valence-corrected chi connectivity index (χ3v) is 2.46. The summed E-state index contributed by atoms with van der Waals surface area (Å²) < 4.78 is 86.1. The van der Waals surface area contributed by atoms with Crippen molar-refractivity contribution in [1.82, 2.24) is 0 Å². The van der Waals surface area contributed by atoms with Crippen molar-refractivity contribution in [3.63, 3.8) is 0 Å². The summed E-state index contributed by atoms with van der Waals surface area (Å²) in [6.45, 7) is 0. The van der Waals surface area contributed by atoms with E-state index in [1.807, 2.05) is 0 Å². The summed E-state index contributed by atoms with van der Waals surface area (Å²) in [5.74, 6) is -1.49. The highest BCUT2D eigenvalue weighted by molar-refractivity contribution is 5.29. The molecule has 0 spiro atoms. The van der Waals surface area contributed by atoms with Gasteiger partial charge in [-0.3, -0.25) is 0 Å². The average Bonchev–Trinajstić information content (AvgIpc) is 2.24. The minimum atomic E-state index is -4.91. The lowest BCUT2D eigenvalue weighted by atomic mass is 10.00. The van der Waals surface area contributed by atoms with Gasteiger partial charge < -0.3 is 5.73 Å². The monoisotopic (exact) mass is 289 g/mol. The van der Waals surface area contributed by atoms with Gasteiger partial charge in [0, 0.05) is 12.5 Å². The minimum Gasteiger partial charge on any atom is -0.324 e. The molecule has 2 N–H and O–H groups in total. The van der Waals surface area contributed by atoms with Crippen LogP contribution < -0.4 is 5.73 Å². The van der Waals surface area contributed by atoms with E-state index in [0.29, 0.717) is 12.1 Å². The fourth-order valence-corrected chi connectivity index (χ4v) is 1.48. The first-order chi connectivity index (χ1) is 8.50. The number of alkyl halides is 6. The molecule has 8 heteroatoms. The highest BCUT2D eigenvalue weighted by atomic mass is 19.4. The molecular formula is C11H10F7N. The van der Waals surface area contributed by atoms with Gasteiger partial charge >= 0.3 is 12.4 Å². The first-order valence-corrected chi connectivity index (χ1v) is 5.19. The quantitative estimate of drug-likeness (QED) is 0.830. The highest BCUT2D eigenvalue weighted by Crippen LogP contribution is 2.34. The zero-order chi connectivity index (χ0) is 14.8. The van der Waals surface area contributed by atoms with Crippen molar-refractivity contribution in [1.29, 1.82) is 0 Å². The number of benzene rings is 1. The topological polar surface area (TPSA) is 26.0 Å². The van der Waals surface area contributed by atoms with Gasteiger partial charge in [-0.15, -0.1) is 0 Å². The lowest BCUT2D eigenvalue weighted by Gasteiger charge is -2.16.